The summed E-state index contributed by atoms with van der Waals surface area (Å²) >= 11 is 0. The van der Waals surface area contributed by atoms with E-state index in [1.54, 1.807) is 6.92 Å². The molecule has 0 spiro atoms. The van der Waals surface area contributed by atoms with Crippen molar-refractivity contribution in [2.75, 3.05) is 32.8 Å². The lowest BCUT2D eigenvalue weighted by Crippen LogP contribution is -2.52. The fourth-order valence-corrected chi connectivity index (χ4v) is 4.80. The first-order valence-corrected chi connectivity index (χ1v) is 10.4. The van der Waals surface area contributed by atoms with Crippen LogP contribution in [0.3, 0.4) is 0 Å². The maximum Gasteiger partial charge on any atom is 0.240 e. The monoisotopic (exact) mass is 372 g/mol. The van der Waals surface area contributed by atoms with Crippen LogP contribution < -0.4 is 4.72 Å². The lowest BCUT2D eigenvalue weighted by Gasteiger charge is -2.38. The Balaban J connectivity index is 2.15. The Morgan fingerprint density at radius 2 is 1.88 bits per heavy atom. The van der Waals surface area contributed by atoms with Gasteiger partial charge in [-0.1, -0.05) is 26.7 Å². The minimum Gasteiger partial charge on any atom is -0.379 e. The van der Waals surface area contributed by atoms with E-state index in [0.717, 1.165) is 25.9 Å². The van der Waals surface area contributed by atoms with Crippen LogP contribution in [0, 0.1) is 18.7 Å². The number of hydrogen-bond acceptors (Lipinski definition) is 4. The standard InChI is InChI=1S/C18H29FN2O3S/c1-4-15(5-2)17(21-8-10-24-11-9-21)13-20-25(22,23)18-7-6-16(19)12-14(18)3/h6-7,12,15,17,20H,4-5,8-11,13H2,1-3H3. The molecule has 1 saturated heterocycles. The smallest absolute Gasteiger partial charge is 0.240 e. The molecule has 1 unspecified atom stereocenters. The number of nitrogens with one attached hydrogen (secondary N) is 1. The first-order chi connectivity index (χ1) is 11.9. The summed E-state index contributed by atoms with van der Waals surface area (Å²) in [5, 5.41) is 0. The third kappa shape index (κ3) is 5.23. The average Bonchev–Trinajstić information content (AvgIpc) is 2.59. The Kier molecular flexibility index (Phi) is 7.37. The van der Waals surface area contributed by atoms with Crippen LogP contribution in [0.4, 0.5) is 4.39 Å². The number of benzene rings is 1. The van der Waals surface area contributed by atoms with Gasteiger partial charge in [-0.05, 0) is 36.6 Å². The fourth-order valence-electron chi connectivity index (χ4n) is 3.52. The van der Waals surface area contributed by atoms with Crippen molar-refractivity contribution in [3.63, 3.8) is 0 Å². The third-order valence-electron chi connectivity index (χ3n) is 5.02. The van der Waals surface area contributed by atoms with E-state index in [0.29, 0.717) is 31.2 Å². The molecule has 0 bridgehead atoms. The predicted octanol–water partition coefficient (Wildman–Crippen LogP) is 2.55. The zero-order valence-corrected chi connectivity index (χ0v) is 16.1. The van der Waals surface area contributed by atoms with Crippen LogP contribution in [0.25, 0.3) is 0 Å². The molecule has 25 heavy (non-hydrogen) atoms. The van der Waals surface area contributed by atoms with E-state index >= 15 is 0 Å². The molecule has 0 aliphatic carbocycles. The SMILES string of the molecule is CCC(CC)C(CNS(=O)(=O)c1ccc(F)cc1C)N1CCOCC1. The van der Waals surface area contributed by atoms with Gasteiger partial charge in [-0.2, -0.15) is 0 Å². The van der Waals surface area contributed by atoms with Gasteiger partial charge in [0.2, 0.25) is 10.0 Å². The van der Waals surface area contributed by atoms with E-state index in [-0.39, 0.29) is 10.9 Å². The maximum absolute atomic E-state index is 13.3. The molecule has 5 nitrogen and oxygen atoms in total. The summed E-state index contributed by atoms with van der Waals surface area (Å²) in [6.07, 6.45) is 1.99. The molecule has 1 aromatic rings. The Morgan fingerprint density at radius 3 is 2.44 bits per heavy atom. The predicted molar refractivity (Wildman–Crippen MR) is 96.6 cm³/mol. The van der Waals surface area contributed by atoms with Gasteiger partial charge in [0.05, 0.1) is 18.1 Å². The number of nitrogens with zero attached hydrogens (tertiary/aromatic N) is 1. The highest BCUT2D eigenvalue weighted by Crippen LogP contribution is 2.21. The van der Waals surface area contributed by atoms with Crippen molar-refractivity contribution in [3.8, 4) is 0 Å². The average molecular weight is 373 g/mol. The molecule has 1 fully saturated rings. The van der Waals surface area contributed by atoms with E-state index < -0.39 is 15.8 Å². The van der Waals surface area contributed by atoms with Gasteiger partial charge in [0.1, 0.15) is 5.82 Å². The molecule has 7 heteroatoms. The quantitative estimate of drug-likeness (QED) is 0.762. The van der Waals surface area contributed by atoms with Crippen LogP contribution in [0.2, 0.25) is 0 Å². The summed E-state index contributed by atoms with van der Waals surface area (Å²) < 4.78 is 46.8. The number of ether oxygens (including phenoxy) is 1. The molecule has 0 aromatic heterocycles. The van der Waals surface area contributed by atoms with Crippen LogP contribution in [0.1, 0.15) is 32.3 Å². The Bertz CT molecular complexity index is 656. The molecule has 1 atom stereocenters. The number of morpholine rings is 1. The van der Waals surface area contributed by atoms with E-state index in [9.17, 15) is 12.8 Å². The van der Waals surface area contributed by atoms with Crippen molar-refractivity contribution >= 4 is 10.0 Å². The molecule has 1 aromatic carbocycles. The summed E-state index contributed by atoms with van der Waals surface area (Å²) in [5.41, 5.74) is 0.415. The van der Waals surface area contributed by atoms with Gasteiger partial charge >= 0.3 is 0 Å². The lowest BCUT2D eigenvalue weighted by molar-refractivity contribution is 0.00297. The van der Waals surface area contributed by atoms with Crippen molar-refractivity contribution in [2.45, 2.75) is 44.6 Å². The van der Waals surface area contributed by atoms with E-state index in [1.165, 1.54) is 18.2 Å². The van der Waals surface area contributed by atoms with Gasteiger partial charge in [-0.3, -0.25) is 4.90 Å². The molecule has 0 radical (unpaired) electrons. The summed E-state index contributed by atoms with van der Waals surface area (Å²) in [7, 11) is -3.67. The van der Waals surface area contributed by atoms with E-state index in [1.807, 2.05) is 0 Å². The van der Waals surface area contributed by atoms with Crippen molar-refractivity contribution in [3.05, 3.63) is 29.6 Å². The van der Waals surface area contributed by atoms with E-state index in [4.69, 9.17) is 4.74 Å². The molecule has 1 aliphatic rings. The first-order valence-electron chi connectivity index (χ1n) is 8.96. The number of rotatable bonds is 8. The highest BCUT2D eigenvalue weighted by atomic mass is 32.2. The van der Waals surface area contributed by atoms with Gasteiger partial charge in [0.15, 0.2) is 0 Å². The molecular weight excluding hydrogens is 343 g/mol. The molecule has 0 saturated carbocycles. The molecule has 1 heterocycles. The summed E-state index contributed by atoms with van der Waals surface area (Å²) in [4.78, 5) is 2.46. The van der Waals surface area contributed by atoms with Crippen molar-refractivity contribution in [1.82, 2.24) is 9.62 Å². The Hall–Kier alpha value is -1.02. The molecular formula is C18H29FN2O3S. The first kappa shape index (κ1) is 20.3. The highest BCUT2D eigenvalue weighted by molar-refractivity contribution is 7.89. The second-order valence-electron chi connectivity index (χ2n) is 6.55. The van der Waals surface area contributed by atoms with Crippen LogP contribution >= 0.6 is 0 Å². The van der Waals surface area contributed by atoms with Gasteiger partial charge < -0.3 is 4.74 Å². The number of sulfonamides is 1. The molecule has 142 valence electrons. The minimum atomic E-state index is -3.67. The van der Waals surface area contributed by atoms with Gasteiger partial charge in [0, 0.05) is 25.7 Å². The van der Waals surface area contributed by atoms with Crippen LogP contribution in [-0.4, -0.2) is 52.2 Å². The largest absolute Gasteiger partial charge is 0.379 e. The van der Waals surface area contributed by atoms with Gasteiger partial charge in [0.25, 0.3) is 0 Å². The number of halogens is 1. The fraction of sp³-hybridized carbons (Fsp3) is 0.667. The summed E-state index contributed by atoms with van der Waals surface area (Å²) in [5.74, 6) is -0.0187. The topological polar surface area (TPSA) is 58.6 Å². The second-order valence-corrected chi connectivity index (χ2v) is 8.29. The maximum atomic E-state index is 13.3. The number of aryl methyl sites for hydroxylation is 1. The van der Waals surface area contributed by atoms with Crippen molar-refractivity contribution < 1.29 is 17.5 Å². The summed E-state index contributed by atoms with van der Waals surface area (Å²) in [6, 6.07) is 3.89. The molecule has 2 rings (SSSR count). The van der Waals surface area contributed by atoms with E-state index in [2.05, 4.69) is 23.5 Å². The highest BCUT2D eigenvalue weighted by Gasteiger charge is 2.29. The number of hydrogen-bond donors (Lipinski definition) is 1. The normalized spacial score (nSPS) is 17.8. The lowest BCUT2D eigenvalue weighted by atomic mass is 9.92. The van der Waals surface area contributed by atoms with Crippen LogP contribution in [-0.2, 0) is 14.8 Å². The van der Waals surface area contributed by atoms with Crippen LogP contribution in [0.15, 0.2) is 23.1 Å². The Labute approximate surface area is 150 Å². The molecule has 0 amide bonds. The van der Waals surface area contributed by atoms with Crippen molar-refractivity contribution in [2.24, 2.45) is 5.92 Å². The third-order valence-corrected chi connectivity index (χ3v) is 6.60. The van der Waals surface area contributed by atoms with Crippen LogP contribution in [0.5, 0.6) is 0 Å². The Morgan fingerprint density at radius 1 is 1.24 bits per heavy atom. The molecule has 1 N–H and O–H groups in total. The summed E-state index contributed by atoms with van der Waals surface area (Å²) in [6.45, 7) is 9.24. The van der Waals surface area contributed by atoms with Crippen molar-refractivity contribution in [1.29, 1.82) is 0 Å². The van der Waals surface area contributed by atoms with Gasteiger partial charge in [-0.15, -0.1) is 0 Å². The minimum absolute atomic E-state index is 0.134. The van der Waals surface area contributed by atoms with Gasteiger partial charge in [-0.25, -0.2) is 17.5 Å². The zero-order chi connectivity index (χ0) is 18.4. The zero-order valence-electron chi connectivity index (χ0n) is 15.3. The molecule has 1 aliphatic heterocycles. The second kappa shape index (κ2) is 9.07.